The third-order valence-electron chi connectivity index (χ3n) is 2.75. The second-order valence-corrected chi connectivity index (χ2v) is 6.92. The molecule has 0 spiro atoms. The zero-order valence-corrected chi connectivity index (χ0v) is 12.5. The molecule has 1 amide bonds. The van der Waals surface area contributed by atoms with Crippen LogP contribution in [0.1, 0.15) is 51.4 Å². The van der Waals surface area contributed by atoms with Gasteiger partial charge in [-0.1, -0.05) is 20.8 Å². The molecular weight excluding hydrogens is 238 g/mol. The van der Waals surface area contributed by atoms with E-state index in [1.807, 2.05) is 0 Å². The Morgan fingerprint density at radius 3 is 2.26 bits per heavy atom. The van der Waals surface area contributed by atoms with E-state index in [1.54, 1.807) is 18.2 Å². The Morgan fingerprint density at radius 1 is 1.21 bits per heavy atom. The highest BCUT2D eigenvalue weighted by Gasteiger charge is 2.26. The van der Waals surface area contributed by atoms with Gasteiger partial charge in [-0.25, -0.2) is 0 Å². The molecule has 0 fully saturated rings. The predicted octanol–water partition coefficient (Wildman–Crippen LogP) is 2.99. The summed E-state index contributed by atoms with van der Waals surface area (Å²) in [7, 11) is 0. The Morgan fingerprint density at radius 2 is 1.79 bits per heavy atom. The molecule has 0 unspecified atom stereocenters. The lowest BCUT2D eigenvalue weighted by atomic mass is 9.81. The fraction of sp³-hybridized carbons (Fsp3) is 0.533. The highest BCUT2D eigenvalue weighted by molar-refractivity contribution is 5.99. The van der Waals surface area contributed by atoms with Crippen LogP contribution in [0, 0.1) is 5.41 Å². The molecule has 0 aliphatic rings. The fourth-order valence-corrected chi connectivity index (χ4v) is 2.61. The highest BCUT2D eigenvalue weighted by Crippen LogP contribution is 2.31. The highest BCUT2D eigenvalue weighted by atomic mass is 16.1. The van der Waals surface area contributed by atoms with Gasteiger partial charge >= 0.3 is 0 Å². The number of amides is 1. The Labute approximate surface area is 115 Å². The maximum absolute atomic E-state index is 11.4. The maximum Gasteiger partial charge on any atom is 0.250 e. The molecule has 19 heavy (non-hydrogen) atoms. The monoisotopic (exact) mass is 263 g/mol. The fourth-order valence-electron chi connectivity index (χ4n) is 2.61. The van der Waals surface area contributed by atoms with Crippen LogP contribution in [-0.2, 0) is 0 Å². The first-order chi connectivity index (χ1) is 8.50. The molecule has 0 atom stereocenters. The third kappa shape index (κ3) is 4.81. The van der Waals surface area contributed by atoms with E-state index >= 15 is 0 Å². The van der Waals surface area contributed by atoms with Crippen LogP contribution >= 0.6 is 0 Å². The number of carbonyl (C=O) groups excluding carboxylic acids is 1. The molecular formula is C15H25N3O. The van der Waals surface area contributed by atoms with E-state index in [-0.39, 0.29) is 11.0 Å². The van der Waals surface area contributed by atoms with Gasteiger partial charge in [0.2, 0.25) is 0 Å². The number of hydrogen-bond acceptors (Lipinski definition) is 3. The van der Waals surface area contributed by atoms with E-state index < -0.39 is 5.91 Å². The van der Waals surface area contributed by atoms with Gasteiger partial charge < -0.3 is 16.8 Å². The molecule has 4 nitrogen and oxygen atoms in total. The lowest BCUT2D eigenvalue weighted by Crippen LogP contribution is -2.36. The van der Waals surface area contributed by atoms with E-state index in [0.29, 0.717) is 16.9 Å². The van der Waals surface area contributed by atoms with Gasteiger partial charge in [0.05, 0.1) is 5.56 Å². The summed E-state index contributed by atoms with van der Waals surface area (Å²) in [5, 5.41) is 3.38. The second kappa shape index (κ2) is 5.11. The summed E-state index contributed by atoms with van der Waals surface area (Å²) in [6, 6.07) is 5.10. The summed E-state index contributed by atoms with van der Waals surface area (Å²) in [6.45, 7) is 10.8. The summed E-state index contributed by atoms with van der Waals surface area (Å²) in [4.78, 5) is 11.4. The smallest absolute Gasteiger partial charge is 0.250 e. The van der Waals surface area contributed by atoms with E-state index in [0.717, 1.165) is 6.42 Å². The van der Waals surface area contributed by atoms with Crippen molar-refractivity contribution in [3.05, 3.63) is 23.8 Å². The molecule has 5 N–H and O–H groups in total. The SMILES string of the molecule is CC(C)(C)CC(C)(C)Nc1cc(N)ccc1C(N)=O. The van der Waals surface area contributed by atoms with Crippen molar-refractivity contribution in [1.29, 1.82) is 0 Å². The zero-order valence-electron chi connectivity index (χ0n) is 12.5. The van der Waals surface area contributed by atoms with Crippen LogP contribution in [0.15, 0.2) is 18.2 Å². The van der Waals surface area contributed by atoms with E-state index in [9.17, 15) is 4.79 Å². The van der Waals surface area contributed by atoms with Crippen molar-refractivity contribution in [3.8, 4) is 0 Å². The topological polar surface area (TPSA) is 81.1 Å². The zero-order chi connectivity index (χ0) is 14.8. The number of carbonyl (C=O) groups is 1. The average Bonchev–Trinajstić information content (AvgIpc) is 2.11. The summed E-state index contributed by atoms with van der Waals surface area (Å²) in [5.74, 6) is -0.450. The van der Waals surface area contributed by atoms with Gasteiger partial charge in [-0.05, 0) is 43.9 Å². The van der Waals surface area contributed by atoms with Gasteiger partial charge in [0, 0.05) is 16.9 Å². The lowest BCUT2D eigenvalue weighted by Gasteiger charge is -2.34. The molecule has 0 saturated heterocycles. The normalized spacial score (nSPS) is 12.3. The molecule has 0 heterocycles. The molecule has 0 aliphatic heterocycles. The number of hydrogen-bond donors (Lipinski definition) is 3. The Balaban J connectivity index is 3.04. The van der Waals surface area contributed by atoms with Crippen molar-refractivity contribution in [1.82, 2.24) is 0 Å². The van der Waals surface area contributed by atoms with Crippen molar-refractivity contribution in [2.24, 2.45) is 11.1 Å². The van der Waals surface area contributed by atoms with Crippen LogP contribution in [-0.4, -0.2) is 11.4 Å². The van der Waals surface area contributed by atoms with Crippen molar-refractivity contribution in [3.63, 3.8) is 0 Å². The first-order valence-electron chi connectivity index (χ1n) is 6.48. The average molecular weight is 263 g/mol. The minimum absolute atomic E-state index is 0.157. The summed E-state index contributed by atoms with van der Waals surface area (Å²) in [6.07, 6.45) is 0.951. The first kappa shape index (κ1) is 15.3. The lowest BCUT2D eigenvalue weighted by molar-refractivity contribution is 0.100. The molecule has 0 aliphatic carbocycles. The van der Waals surface area contributed by atoms with Crippen LogP contribution in [0.2, 0.25) is 0 Å². The van der Waals surface area contributed by atoms with Crippen LogP contribution in [0.3, 0.4) is 0 Å². The van der Waals surface area contributed by atoms with Crippen molar-refractivity contribution < 1.29 is 4.79 Å². The van der Waals surface area contributed by atoms with E-state index in [1.165, 1.54) is 0 Å². The predicted molar refractivity (Wildman–Crippen MR) is 81.1 cm³/mol. The van der Waals surface area contributed by atoms with Gasteiger partial charge in [-0.15, -0.1) is 0 Å². The molecule has 1 aromatic rings. The van der Waals surface area contributed by atoms with E-state index in [2.05, 4.69) is 39.9 Å². The number of nitrogen functional groups attached to an aromatic ring is 1. The molecule has 0 aromatic heterocycles. The Bertz CT molecular complexity index is 473. The van der Waals surface area contributed by atoms with E-state index in [4.69, 9.17) is 11.5 Å². The molecule has 4 heteroatoms. The van der Waals surface area contributed by atoms with Gasteiger partial charge in [0.1, 0.15) is 0 Å². The van der Waals surface area contributed by atoms with Gasteiger partial charge in [-0.2, -0.15) is 0 Å². The standard InChI is InChI=1S/C15H25N3O/c1-14(2,3)9-15(4,5)18-12-8-10(16)6-7-11(12)13(17)19/h6-8,18H,9,16H2,1-5H3,(H2,17,19). The number of nitrogens with one attached hydrogen (secondary N) is 1. The van der Waals surface area contributed by atoms with Gasteiger partial charge in [0.25, 0.3) is 5.91 Å². The second-order valence-electron chi connectivity index (χ2n) is 6.92. The van der Waals surface area contributed by atoms with Gasteiger partial charge in [-0.3, -0.25) is 4.79 Å². The number of benzene rings is 1. The molecule has 0 bridgehead atoms. The van der Waals surface area contributed by atoms with Gasteiger partial charge in [0.15, 0.2) is 0 Å². The van der Waals surface area contributed by atoms with Crippen molar-refractivity contribution in [2.45, 2.75) is 46.6 Å². The largest absolute Gasteiger partial charge is 0.399 e. The van der Waals surface area contributed by atoms with Crippen molar-refractivity contribution >= 4 is 17.3 Å². The van der Waals surface area contributed by atoms with Crippen LogP contribution in [0.4, 0.5) is 11.4 Å². The number of primary amides is 1. The molecule has 1 aromatic carbocycles. The number of nitrogens with two attached hydrogens (primary N) is 2. The molecule has 0 saturated carbocycles. The van der Waals surface area contributed by atoms with Crippen molar-refractivity contribution in [2.75, 3.05) is 11.1 Å². The Hall–Kier alpha value is -1.71. The minimum atomic E-state index is -0.450. The van der Waals surface area contributed by atoms with Crippen LogP contribution < -0.4 is 16.8 Å². The first-order valence-corrected chi connectivity index (χ1v) is 6.48. The molecule has 1 rings (SSSR count). The number of anilines is 2. The van der Waals surface area contributed by atoms with Crippen LogP contribution in [0.25, 0.3) is 0 Å². The van der Waals surface area contributed by atoms with Crippen LogP contribution in [0.5, 0.6) is 0 Å². The molecule has 0 radical (unpaired) electrons. The Kier molecular flexibility index (Phi) is 4.13. The maximum atomic E-state index is 11.4. The quantitative estimate of drug-likeness (QED) is 0.730. The third-order valence-corrected chi connectivity index (χ3v) is 2.75. The summed E-state index contributed by atoms with van der Waals surface area (Å²) >= 11 is 0. The molecule has 106 valence electrons. The minimum Gasteiger partial charge on any atom is -0.399 e. The number of rotatable bonds is 4. The summed E-state index contributed by atoms with van der Waals surface area (Å²) in [5.41, 5.74) is 13.0. The summed E-state index contributed by atoms with van der Waals surface area (Å²) < 4.78 is 0.